The molecule has 1 aromatic heterocycles. The van der Waals surface area contributed by atoms with Crippen molar-refractivity contribution < 1.29 is 0 Å². The number of hydrogen-bond donors (Lipinski definition) is 2. The zero-order valence-corrected chi connectivity index (χ0v) is 10.7. The fraction of sp³-hybridized carbons (Fsp3) is 0.250. The van der Waals surface area contributed by atoms with Gasteiger partial charge in [-0.05, 0) is 19.1 Å². The molecule has 84 valence electrons. The van der Waals surface area contributed by atoms with Gasteiger partial charge in [-0.25, -0.2) is 4.98 Å². The lowest BCUT2D eigenvalue weighted by atomic mass is 10.1. The lowest BCUT2D eigenvalue weighted by Crippen LogP contribution is -2.25. The van der Waals surface area contributed by atoms with E-state index in [9.17, 15) is 0 Å². The quantitative estimate of drug-likeness (QED) is 0.909. The van der Waals surface area contributed by atoms with E-state index in [0.717, 1.165) is 21.1 Å². The Morgan fingerprint density at radius 2 is 2.19 bits per heavy atom. The third kappa shape index (κ3) is 2.18. The van der Waals surface area contributed by atoms with Crippen LogP contribution in [-0.4, -0.2) is 17.6 Å². The predicted octanol–water partition coefficient (Wildman–Crippen LogP) is 2.76. The van der Waals surface area contributed by atoms with Crippen LogP contribution in [0.15, 0.2) is 34.9 Å². The molecule has 4 heteroatoms. The van der Waals surface area contributed by atoms with Gasteiger partial charge in [0.1, 0.15) is 5.82 Å². The van der Waals surface area contributed by atoms with Crippen molar-refractivity contribution >= 4 is 32.5 Å². The Labute approximate surface area is 103 Å². The van der Waals surface area contributed by atoms with E-state index in [1.165, 1.54) is 0 Å². The summed E-state index contributed by atoms with van der Waals surface area (Å²) < 4.78 is 1.08. The van der Waals surface area contributed by atoms with Gasteiger partial charge in [-0.1, -0.05) is 28.1 Å². The van der Waals surface area contributed by atoms with Crippen molar-refractivity contribution in [3.05, 3.63) is 34.9 Å². The fourth-order valence-corrected chi connectivity index (χ4v) is 2.07. The van der Waals surface area contributed by atoms with E-state index in [-0.39, 0.29) is 6.04 Å². The molecule has 0 saturated heterocycles. The molecule has 0 aliphatic carbocycles. The Bertz CT molecular complexity index is 499. The molecule has 0 aliphatic heterocycles. The van der Waals surface area contributed by atoms with Gasteiger partial charge in [0.2, 0.25) is 0 Å². The van der Waals surface area contributed by atoms with Gasteiger partial charge in [0.05, 0.1) is 0 Å². The second kappa shape index (κ2) is 4.80. The third-order valence-electron chi connectivity index (χ3n) is 2.49. The molecule has 16 heavy (non-hydrogen) atoms. The minimum Gasteiger partial charge on any atom is -0.366 e. The summed E-state index contributed by atoms with van der Waals surface area (Å²) >= 11 is 3.53. The first-order valence-electron chi connectivity index (χ1n) is 5.22. The number of benzene rings is 1. The minimum absolute atomic E-state index is 0.220. The minimum atomic E-state index is 0.220. The molecule has 1 heterocycles. The number of rotatable bonds is 3. The average molecular weight is 280 g/mol. The molecule has 0 aliphatic rings. The molecule has 0 bridgehead atoms. The number of halogens is 1. The number of nitrogens with zero attached hydrogens (tertiary/aromatic N) is 1. The van der Waals surface area contributed by atoms with Gasteiger partial charge in [0.25, 0.3) is 0 Å². The van der Waals surface area contributed by atoms with E-state index in [4.69, 9.17) is 5.73 Å². The molecule has 0 fully saturated rings. The number of nitrogens with two attached hydrogens (primary N) is 1. The van der Waals surface area contributed by atoms with Gasteiger partial charge in [-0.3, -0.25) is 0 Å². The SMILES string of the molecule is CC(CN)Nc1nccc2c(Br)cccc12. The lowest BCUT2D eigenvalue weighted by Gasteiger charge is -2.14. The number of hydrogen-bond acceptors (Lipinski definition) is 3. The Kier molecular flexibility index (Phi) is 3.41. The van der Waals surface area contributed by atoms with E-state index < -0.39 is 0 Å². The zero-order valence-electron chi connectivity index (χ0n) is 9.07. The van der Waals surface area contributed by atoms with Crippen molar-refractivity contribution in [3.63, 3.8) is 0 Å². The van der Waals surface area contributed by atoms with Crippen LogP contribution in [0.4, 0.5) is 5.82 Å². The second-order valence-corrected chi connectivity index (χ2v) is 4.63. The number of pyridine rings is 1. The highest BCUT2D eigenvalue weighted by Crippen LogP contribution is 2.27. The van der Waals surface area contributed by atoms with E-state index in [1.807, 2.05) is 25.1 Å². The normalized spacial score (nSPS) is 12.7. The van der Waals surface area contributed by atoms with Crippen molar-refractivity contribution in [3.8, 4) is 0 Å². The molecule has 0 amide bonds. The van der Waals surface area contributed by atoms with Gasteiger partial charge in [-0.2, -0.15) is 0 Å². The Morgan fingerprint density at radius 1 is 1.38 bits per heavy atom. The van der Waals surface area contributed by atoms with Crippen LogP contribution >= 0.6 is 15.9 Å². The zero-order chi connectivity index (χ0) is 11.5. The predicted molar refractivity (Wildman–Crippen MR) is 71.6 cm³/mol. The lowest BCUT2D eigenvalue weighted by molar-refractivity contribution is 0.800. The van der Waals surface area contributed by atoms with Crippen molar-refractivity contribution in [2.24, 2.45) is 5.73 Å². The monoisotopic (exact) mass is 279 g/mol. The molecule has 3 nitrogen and oxygen atoms in total. The van der Waals surface area contributed by atoms with Crippen molar-refractivity contribution in [1.29, 1.82) is 0 Å². The standard InChI is InChI=1S/C12H14BrN3/c1-8(7-14)16-12-10-3-2-4-11(13)9(10)5-6-15-12/h2-6,8H,7,14H2,1H3,(H,15,16). The summed E-state index contributed by atoms with van der Waals surface area (Å²) in [4.78, 5) is 4.35. The Hall–Kier alpha value is -1.13. The first-order valence-corrected chi connectivity index (χ1v) is 6.01. The summed E-state index contributed by atoms with van der Waals surface area (Å²) in [6.07, 6.45) is 1.80. The van der Waals surface area contributed by atoms with Gasteiger partial charge in [0.15, 0.2) is 0 Å². The maximum Gasteiger partial charge on any atom is 0.134 e. The molecule has 2 aromatic rings. The number of aromatic nitrogens is 1. The van der Waals surface area contributed by atoms with Crippen LogP contribution in [-0.2, 0) is 0 Å². The van der Waals surface area contributed by atoms with E-state index in [0.29, 0.717) is 6.54 Å². The Morgan fingerprint density at radius 3 is 2.94 bits per heavy atom. The van der Waals surface area contributed by atoms with Crippen LogP contribution in [0.5, 0.6) is 0 Å². The van der Waals surface area contributed by atoms with E-state index in [1.54, 1.807) is 6.20 Å². The van der Waals surface area contributed by atoms with Crippen LogP contribution in [0, 0.1) is 0 Å². The molecule has 1 atom stereocenters. The second-order valence-electron chi connectivity index (χ2n) is 3.78. The van der Waals surface area contributed by atoms with Crippen LogP contribution < -0.4 is 11.1 Å². The smallest absolute Gasteiger partial charge is 0.134 e. The number of nitrogens with one attached hydrogen (secondary N) is 1. The molecule has 0 radical (unpaired) electrons. The first-order chi connectivity index (χ1) is 7.72. The molecular weight excluding hydrogens is 266 g/mol. The van der Waals surface area contributed by atoms with Crippen LogP contribution in [0.3, 0.4) is 0 Å². The van der Waals surface area contributed by atoms with Crippen LogP contribution in [0.25, 0.3) is 10.8 Å². The average Bonchev–Trinajstić information content (AvgIpc) is 2.30. The van der Waals surface area contributed by atoms with Gasteiger partial charge in [-0.15, -0.1) is 0 Å². The number of fused-ring (bicyclic) bond motifs is 1. The summed E-state index contributed by atoms with van der Waals surface area (Å²) in [5.41, 5.74) is 5.59. The third-order valence-corrected chi connectivity index (χ3v) is 3.18. The largest absolute Gasteiger partial charge is 0.366 e. The molecular formula is C12H14BrN3. The van der Waals surface area contributed by atoms with Crippen LogP contribution in [0.1, 0.15) is 6.92 Å². The van der Waals surface area contributed by atoms with E-state index in [2.05, 4.69) is 32.3 Å². The first kappa shape index (κ1) is 11.4. The molecule has 2 rings (SSSR count). The van der Waals surface area contributed by atoms with Crippen molar-refractivity contribution in [1.82, 2.24) is 4.98 Å². The summed E-state index contributed by atoms with van der Waals surface area (Å²) in [5.74, 6) is 0.886. The van der Waals surface area contributed by atoms with Gasteiger partial charge >= 0.3 is 0 Å². The van der Waals surface area contributed by atoms with Gasteiger partial charge in [0, 0.05) is 34.0 Å². The highest BCUT2D eigenvalue weighted by atomic mass is 79.9. The van der Waals surface area contributed by atoms with Crippen LogP contribution in [0.2, 0.25) is 0 Å². The molecule has 1 unspecified atom stereocenters. The van der Waals surface area contributed by atoms with Crippen molar-refractivity contribution in [2.75, 3.05) is 11.9 Å². The summed E-state index contributed by atoms with van der Waals surface area (Å²) in [6.45, 7) is 2.63. The molecule has 0 saturated carbocycles. The topological polar surface area (TPSA) is 50.9 Å². The highest BCUT2D eigenvalue weighted by Gasteiger charge is 2.06. The molecule has 1 aromatic carbocycles. The summed E-state index contributed by atoms with van der Waals surface area (Å²) in [6, 6.07) is 8.30. The fourth-order valence-electron chi connectivity index (χ4n) is 1.58. The van der Waals surface area contributed by atoms with Gasteiger partial charge < -0.3 is 11.1 Å². The maximum atomic E-state index is 5.59. The van der Waals surface area contributed by atoms with Crippen molar-refractivity contribution in [2.45, 2.75) is 13.0 Å². The summed E-state index contributed by atoms with van der Waals surface area (Å²) in [5, 5.41) is 5.57. The summed E-state index contributed by atoms with van der Waals surface area (Å²) in [7, 11) is 0. The highest BCUT2D eigenvalue weighted by molar-refractivity contribution is 9.10. The number of anilines is 1. The molecule has 3 N–H and O–H groups in total. The maximum absolute atomic E-state index is 5.59. The Balaban J connectivity index is 2.50. The molecule has 0 spiro atoms. The van der Waals surface area contributed by atoms with E-state index >= 15 is 0 Å².